The number of pyridine rings is 1. The second kappa shape index (κ2) is 8.88. The summed E-state index contributed by atoms with van der Waals surface area (Å²) in [4.78, 5) is 16.1. The molecule has 0 fully saturated rings. The van der Waals surface area contributed by atoms with E-state index >= 15 is 0 Å². The first kappa shape index (κ1) is 17.7. The van der Waals surface area contributed by atoms with E-state index in [1.165, 1.54) is 0 Å². The SMILES string of the molecule is COc1cccc(COC(C)C(=O)NCc2ccnc(OC)c2)c1. The summed E-state index contributed by atoms with van der Waals surface area (Å²) in [6.45, 7) is 2.46. The molecule has 1 unspecified atom stereocenters. The van der Waals surface area contributed by atoms with Gasteiger partial charge < -0.3 is 19.5 Å². The van der Waals surface area contributed by atoms with Crippen LogP contribution in [0.2, 0.25) is 0 Å². The number of amides is 1. The Labute approximate surface area is 141 Å². The molecule has 1 atom stereocenters. The van der Waals surface area contributed by atoms with Gasteiger partial charge >= 0.3 is 0 Å². The number of rotatable bonds is 8. The fourth-order valence-electron chi connectivity index (χ4n) is 2.06. The van der Waals surface area contributed by atoms with Gasteiger partial charge in [0.1, 0.15) is 11.9 Å². The minimum Gasteiger partial charge on any atom is -0.497 e. The van der Waals surface area contributed by atoms with E-state index in [1.807, 2.05) is 30.3 Å². The van der Waals surface area contributed by atoms with Crippen LogP contribution in [0.5, 0.6) is 11.6 Å². The highest BCUT2D eigenvalue weighted by Crippen LogP contribution is 2.14. The van der Waals surface area contributed by atoms with Gasteiger partial charge in [0.15, 0.2) is 0 Å². The highest BCUT2D eigenvalue weighted by molar-refractivity contribution is 5.80. The monoisotopic (exact) mass is 330 g/mol. The quantitative estimate of drug-likeness (QED) is 0.804. The summed E-state index contributed by atoms with van der Waals surface area (Å²) in [5.74, 6) is 1.11. The number of hydrogen-bond donors (Lipinski definition) is 1. The summed E-state index contributed by atoms with van der Waals surface area (Å²) < 4.78 is 15.8. The van der Waals surface area contributed by atoms with Crippen LogP contribution in [0.3, 0.4) is 0 Å². The smallest absolute Gasteiger partial charge is 0.249 e. The lowest BCUT2D eigenvalue weighted by atomic mass is 10.2. The van der Waals surface area contributed by atoms with Gasteiger partial charge in [0.25, 0.3) is 0 Å². The summed E-state index contributed by atoms with van der Waals surface area (Å²) in [5, 5.41) is 2.84. The third-order valence-corrected chi connectivity index (χ3v) is 3.48. The van der Waals surface area contributed by atoms with Gasteiger partial charge in [0.2, 0.25) is 11.8 Å². The van der Waals surface area contributed by atoms with Crippen molar-refractivity contribution in [1.82, 2.24) is 10.3 Å². The molecule has 1 aromatic heterocycles. The summed E-state index contributed by atoms with van der Waals surface area (Å²) in [6.07, 6.45) is 1.09. The van der Waals surface area contributed by atoms with Crippen molar-refractivity contribution in [3.05, 3.63) is 53.7 Å². The maximum atomic E-state index is 12.1. The lowest BCUT2D eigenvalue weighted by molar-refractivity contribution is -0.132. The molecule has 2 aromatic rings. The van der Waals surface area contributed by atoms with Crippen LogP contribution in [-0.2, 0) is 22.7 Å². The van der Waals surface area contributed by atoms with Gasteiger partial charge in [-0.1, -0.05) is 12.1 Å². The molecule has 0 bridgehead atoms. The number of ether oxygens (including phenoxy) is 3. The number of methoxy groups -OCH3 is 2. The summed E-state index contributed by atoms with van der Waals surface area (Å²) in [5.41, 5.74) is 1.86. The first-order valence-corrected chi connectivity index (χ1v) is 7.63. The number of nitrogens with zero attached hydrogens (tertiary/aromatic N) is 1. The molecular weight excluding hydrogens is 308 g/mol. The summed E-state index contributed by atoms with van der Waals surface area (Å²) in [7, 11) is 3.17. The van der Waals surface area contributed by atoms with E-state index in [-0.39, 0.29) is 5.91 Å². The van der Waals surface area contributed by atoms with Gasteiger partial charge in [0, 0.05) is 18.8 Å². The number of nitrogens with one attached hydrogen (secondary N) is 1. The van der Waals surface area contributed by atoms with Gasteiger partial charge in [-0.15, -0.1) is 0 Å². The molecule has 6 nitrogen and oxygen atoms in total. The van der Waals surface area contributed by atoms with Crippen LogP contribution in [0.1, 0.15) is 18.1 Å². The van der Waals surface area contributed by atoms with Crippen molar-refractivity contribution in [3.8, 4) is 11.6 Å². The Morgan fingerprint density at radius 2 is 2.00 bits per heavy atom. The van der Waals surface area contributed by atoms with Crippen molar-refractivity contribution < 1.29 is 19.0 Å². The average molecular weight is 330 g/mol. The zero-order chi connectivity index (χ0) is 17.4. The van der Waals surface area contributed by atoms with Crippen molar-refractivity contribution in [2.24, 2.45) is 0 Å². The van der Waals surface area contributed by atoms with Gasteiger partial charge in [-0.05, 0) is 36.2 Å². The standard InChI is InChI=1S/C18H22N2O4/c1-13(24-12-15-5-4-6-16(9-15)22-2)18(21)20-11-14-7-8-19-17(10-14)23-3/h4-10,13H,11-12H2,1-3H3,(H,20,21). The molecule has 0 aliphatic carbocycles. The van der Waals surface area contributed by atoms with Crippen molar-refractivity contribution in [3.63, 3.8) is 0 Å². The molecule has 0 radical (unpaired) electrons. The summed E-state index contributed by atoms with van der Waals surface area (Å²) >= 11 is 0. The van der Waals surface area contributed by atoms with Crippen LogP contribution >= 0.6 is 0 Å². The minimum atomic E-state index is -0.556. The predicted molar refractivity (Wildman–Crippen MR) is 89.9 cm³/mol. The molecule has 1 heterocycles. The molecule has 128 valence electrons. The molecule has 0 saturated carbocycles. The molecule has 0 aliphatic heterocycles. The average Bonchev–Trinajstić information content (AvgIpc) is 2.64. The maximum absolute atomic E-state index is 12.1. The van der Waals surface area contributed by atoms with Gasteiger partial charge in [0.05, 0.1) is 20.8 Å². The molecule has 1 N–H and O–H groups in total. The fraction of sp³-hybridized carbons (Fsp3) is 0.333. The third kappa shape index (κ3) is 5.24. The Kier molecular flexibility index (Phi) is 6.57. The molecule has 0 saturated heterocycles. The van der Waals surface area contributed by atoms with Crippen molar-refractivity contribution >= 4 is 5.91 Å². The molecule has 1 amide bonds. The summed E-state index contributed by atoms with van der Waals surface area (Å²) in [6, 6.07) is 11.2. The Morgan fingerprint density at radius 1 is 1.17 bits per heavy atom. The van der Waals surface area contributed by atoms with Crippen LogP contribution < -0.4 is 14.8 Å². The van der Waals surface area contributed by atoms with E-state index in [2.05, 4.69) is 10.3 Å². The van der Waals surface area contributed by atoms with Crippen LogP contribution in [0.25, 0.3) is 0 Å². The number of aromatic nitrogens is 1. The van der Waals surface area contributed by atoms with Crippen molar-refractivity contribution in [2.75, 3.05) is 14.2 Å². The second-order valence-electron chi connectivity index (χ2n) is 5.23. The molecule has 1 aromatic carbocycles. The Morgan fingerprint density at radius 3 is 2.75 bits per heavy atom. The Balaban J connectivity index is 1.81. The Bertz CT molecular complexity index is 676. The minimum absolute atomic E-state index is 0.173. The predicted octanol–water partition coefficient (Wildman–Crippen LogP) is 2.32. The molecule has 0 aliphatic rings. The van der Waals surface area contributed by atoms with E-state index in [1.54, 1.807) is 33.4 Å². The molecule has 2 rings (SSSR count). The molecule has 24 heavy (non-hydrogen) atoms. The number of carbonyl (C=O) groups excluding carboxylic acids is 1. The first-order chi connectivity index (χ1) is 11.6. The van der Waals surface area contributed by atoms with E-state index < -0.39 is 6.10 Å². The van der Waals surface area contributed by atoms with Gasteiger partial charge in [-0.25, -0.2) is 4.98 Å². The van der Waals surface area contributed by atoms with Crippen molar-refractivity contribution in [1.29, 1.82) is 0 Å². The Hall–Kier alpha value is -2.60. The highest BCUT2D eigenvalue weighted by atomic mass is 16.5. The molecule has 6 heteroatoms. The number of benzene rings is 1. The number of hydrogen-bond acceptors (Lipinski definition) is 5. The van der Waals surface area contributed by atoms with Crippen LogP contribution in [0.4, 0.5) is 0 Å². The van der Waals surface area contributed by atoms with E-state index in [0.29, 0.717) is 19.0 Å². The zero-order valence-corrected chi connectivity index (χ0v) is 14.1. The van der Waals surface area contributed by atoms with Gasteiger partial charge in [-0.3, -0.25) is 4.79 Å². The second-order valence-corrected chi connectivity index (χ2v) is 5.23. The topological polar surface area (TPSA) is 69.7 Å². The van der Waals surface area contributed by atoms with Crippen LogP contribution in [0.15, 0.2) is 42.6 Å². The number of carbonyl (C=O) groups is 1. The maximum Gasteiger partial charge on any atom is 0.249 e. The zero-order valence-electron chi connectivity index (χ0n) is 14.1. The van der Waals surface area contributed by atoms with Crippen LogP contribution in [-0.4, -0.2) is 31.2 Å². The van der Waals surface area contributed by atoms with E-state index in [9.17, 15) is 4.79 Å². The van der Waals surface area contributed by atoms with Crippen LogP contribution in [0, 0.1) is 0 Å². The van der Waals surface area contributed by atoms with Gasteiger partial charge in [-0.2, -0.15) is 0 Å². The molecule has 0 spiro atoms. The lowest BCUT2D eigenvalue weighted by Crippen LogP contribution is -2.34. The van der Waals surface area contributed by atoms with E-state index in [0.717, 1.165) is 16.9 Å². The van der Waals surface area contributed by atoms with Crippen molar-refractivity contribution in [2.45, 2.75) is 26.2 Å². The highest BCUT2D eigenvalue weighted by Gasteiger charge is 2.13. The first-order valence-electron chi connectivity index (χ1n) is 7.63. The lowest BCUT2D eigenvalue weighted by Gasteiger charge is -2.14. The largest absolute Gasteiger partial charge is 0.497 e. The normalized spacial score (nSPS) is 11.6. The molecular formula is C18H22N2O4. The fourth-order valence-corrected chi connectivity index (χ4v) is 2.06. The third-order valence-electron chi connectivity index (χ3n) is 3.48. The van der Waals surface area contributed by atoms with E-state index in [4.69, 9.17) is 14.2 Å².